The Morgan fingerprint density at radius 1 is 0.943 bits per heavy atom. The van der Waals surface area contributed by atoms with Crippen molar-refractivity contribution < 1.29 is 19.2 Å². The SMILES string of the molecule is CC(C)(C)OC(=O)Nc1ccc(N/C(=C2\C(=O)Nc3ccc([N+](=O)[O-])cc32)c2ccccc2)cc1. The number of hydrogen-bond acceptors (Lipinski definition) is 6. The zero-order chi connectivity index (χ0) is 25.2. The molecular weight excluding hydrogens is 448 g/mol. The van der Waals surface area contributed by atoms with Crippen molar-refractivity contribution in [1.29, 1.82) is 0 Å². The highest BCUT2D eigenvalue weighted by Crippen LogP contribution is 2.39. The van der Waals surface area contributed by atoms with E-state index in [9.17, 15) is 19.7 Å². The first-order chi connectivity index (χ1) is 16.6. The van der Waals surface area contributed by atoms with Gasteiger partial charge >= 0.3 is 6.09 Å². The molecule has 1 aliphatic rings. The van der Waals surface area contributed by atoms with Gasteiger partial charge in [-0.1, -0.05) is 30.3 Å². The summed E-state index contributed by atoms with van der Waals surface area (Å²) in [6.07, 6.45) is -0.564. The number of fused-ring (bicyclic) bond motifs is 1. The van der Waals surface area contributed by atoms with E-state index in [1.54, 1.807) is 45.0 Å². The Balaban J connectivity index is 1.70. The lowest BCUT2D eigenvalue weighted by molar-refractivity contribution is -0.384. The molecule has 3 N–H and O–H groups in total. The van der Waals surface area contributed by atoms with Crippen LogP contribution in [0.25, 0.3) is 11.3 Å². The first kappa shape index (κ1) is 23.5. The van der Waals surface area contributed by atoms with Crippen LogP contribution < -0.4 is 16.0 Å². The van der Waals surface area contributed by atoms with Crippen molar-refractivity contribution in [2.45, 2.75) is 26.4 Å². The predicted octanol–water partition coefficient (Wildman–Crippen LogP) is 5.87. The van der Waals surface area contributed by atoms with Gasteiger partial charge in [-0.05, 0) is 56.7 Å². The average molecular weight is 473 g/mol. The van der Waals surface area contributed by atoms with Gasteiger partial charge in [-0.3, -0.25) is 20.2 Å². The predicted molar refractivity (Wildman–Crippen MR) is 135 cm³/mol. The van der Waals surface area contributed by atoms with Crippen molar-refractivity contribution in [1.82, 2.24) is 0 Å². The van der Waals surface area contributed by atoms with Crippen molar-refractivity contribution >= 4 is 46.0 Å². The summed E-state index contributed by atoms with van der Waals surface area (Å²) in [7, 11) is 0. The van der Waals surface area contributed by atoms with Crippen LogP contribution in [0.3, 0.4) is 0 Å². The number of nitrogens with zero attached hydrogens (tertiary/aromatic N) is 1. The molecular formula is C26H24N4O5. The minimum absolute atomic E-state index is 0.109. The summed E-state index contributed by atoms with van der Waals surface area (Å²) in [6.45, 7) is 5.35. The van der Waals surface area contributed by atoms with E-state index in [4.69, 9.17) is 4.74 Å². The lowest BCUT2D eigenvalue weighted by atomic mass is 9.99. The Bertz CT molecular complexity index is 1330. The number of carbonyl (C=O) groups is 2. The van der Waals surface area contributed by atoms with Crippen LogP contribution in [0.15, 0.2) is 72.8 Å². The highest BCUT2D eigenvalue weighted by molar-refractivity contribution is 6.37. The second-order valence-electron chi connectivity index (χ2n) is 8.89. The van der Waals surface area contributed by atoms with Crippen molar-refractivity contribution in [3.8, 4) is 0 Å². The van der Waals surface area contributed by atoms with Gasteiger partial charge in [0, 0.05) is 34.8 Å². The summed E-state index contributed by atoms with van der Waals surface area (Å²) in [4.78, 5) is 35.8. The quantitative estimate of drug-likeness (QED) is 0.242. The molecule has 0 aliphatic carbocycles. The maximum Gasteiger partial charge on any atom is 0.412 e. The van der Waals surface area contributed by atoms with Crippen molar-refractivity contribution in [3.63, 3.8) is 0 Å². The lowest BCUT2D eigenvalue weighted by Gasteiger charge is -2.20. The summed E-state index contributed by atoms with van der Waals surface area (Å²) in [6, 6.07) is 20.4. The van der Waals surface area contributed by atoms with Crippen LogP contribution in [0, 0.1) is 10.1 Å². The molecule has 35 heavy (non-hydrogen) atoms. The fourth-order valence-corrected chi connectivity index (χ4v) is 3.60. The summed E-state index contributed by atoms with van der Waals surface area (Å²) in [5.74, 6) is -0.366. The standard InChI is InChI=1S/C26H24N4O5/c1-26(2,3)35-25(32)28-18-11-9-17(10-12-18)27-23(16-7-5-4-6-8-16)22-20-15-19(30(33)34)13-14-21(20)29-24(22)31/h4-15,27H,1-3H3,(H,28,32)(H,29,31)/b23-22-. The molecule has 0 fully saturated rings. The van der Waals surface area contributed by atoms with E-state index in [0.29, 0.717) is 33.9 Å². The van der Waals surface area contributed by atoms with Crippen LogP contribution in [-0.2, 0) is 9.53 Å². The van der Waals surface area contributed by atoms with E-state index >= 15 is 0 Å². The average Bonchev–Trinajstić information content (AvgIpc) is 3.12. The Morgan fingerprint density at radius 2 is 1.57 bits per heavy atom. The van der Waals surface area contributed by atoms with E-state index in [2.05, 4.69) is 16.0 Å². The van der Waals surface area contributed by atoms with E-state index in [1.807, 2.05) is 30.3 Å². The molecule has 9 nitrogen and oxygen atoms in total. The smallest absolute Gasteiger partial charge is 0.412 e. The third-order valence-corrected chi connectivity index (χ3v) is 5.07. The van der Waals surface area contributed by atoms with Crippen LogP contribution in [0.2, 0.25) is 0 Å². The number of carbonyl (C=O) groups excluding carboxylic acids is 2. The van der Waals surface area contributed by atoms with E-state index in [0.717, 1.165) is 5.56 Å². The summed E-state index contributed by atoms with van der Waals surface area (Å²) >= 11 is 0. The first-order valence-corrected chi connectivity index (χ1v) is 10.9. The van der Waals surface area contributed by atoms with Gasteiger partial charge in [0.25, 0.3) is 11.6 Å². The fourth-order valence-electron chi connectivity index (χ4n) is 3.60. The molecule has 0 aromatic heterocycles. The van der Waals surface area contributed by atoms with Gasteiger partial charge in [0.1, 0.15) is 5.60 Å². The van der Waals surface area contributed by atoms with Crippen molar-refractivity contribution in [2.75, 3.05) is 16.0 Å². The lowest BCUT2D eigenvalue weighted by Crippen LogP contribution is -2.27. The topological polar surface area (TPSA) is 123 Å². The minimum atomic E-state index is -0.616. The molecule has 0 saturated carbocycles. The molecule has 178 valence electrons. The maximum atomic E-state index is 13.0. The van der Waals surface area contributed by atoms with Gasteiger partial charge in [-0.2, -0.15) is 0 Å². The van der Waals surface area contributed by atoms with Gasteiger partial charge in [0.2, 0.25) is 0 Å². The highest BCUT2D eigenvalue weighted by atomic mass is 16.6. The van der Waals surface area contributed by atoms with Crippen molar-refractivity contribution in [2.24, 2.45) is 0 Å². The monoisotopic (exact) mass is 472 g/mol. The molecule has 0 atom stereocenters. The third-order valence-electron chi connectivity index (χ3n) is 5.07. The second-order valence-corrected chi connectivity index (χ2v) is 8.89. The van der Waals surface area contributed by atoms with E-state index in [1.165, 1.54) is 18.2 Å². The van der Waals surface area contributed by atoms with Crippen LogP contribution in [0.5, 0.6) is 0 Å². The van der Waals surface area contributed by atoms with Gasteiger partial charge in [-0.15, -0.1) is 0 Å². The number of ether oxygens (including phenoxy) is 1. The largest absolute Gasteiger partial charge is 0.444 e. The number of benzene rings is 3. The second kappa shape index (κ2) is 9.30. The van der Waals surface area contributed by atoms with Gasteiger partial charge in [-0.25, -0.2) is 4.79 Å². The Labute approximate surface area is 202 Å². The highest BCUT2D eigenvalue weighted by Gasteiger charge is 2.30. The molecule has 2 amide bonds. The van der Waals surface area contributed by atoms with Gasteiger partial charge < -0.3 is 15.4 Å². The molecule has 1 heterocycles. The third kappa shape index (κ3) is 5.47. The normalized spacial score (nSPS) is 14.0. The molecule has 9 heteroatoms. The Hall–Kier alpha value is -4.66. The number of hydrogen-bond donors (Lipinski definition) is 3. The number of amides is 2. The number of nitro benzene ring substituents is 1. The fraction of sp³-hybridized carbons (Fsp3) is 0.154. The Kier molecular flexibility index (Phi) is 6.24. The molecule has 0 radical (unpaired) electrons. The summed E-state index contributed by atoms with van der Waals surface area (Å²) < 4.78 is 5.27. The number of non-ortho nitro benzene ring substituents is 1. The van der Waals surface area contributed by atoms with E-state index < -0.39 is 16.6 Å². The van der Waals surface area contributed by atoms with Crippen LogP contribution in [-0.4, -0.2) is 22.5 Å². The molecule has 0 unspecified atom stereocenters. The Morgan fingerprint density at radius 3 is 2.17 bits per heavy atom. The zero-order valence-electron chi connectivity index (χ0n) is 19.4. The molecule has 3 aromatic rings. The van der Waals surface area contributed by atoms with Crippen molar-refractivity contribution in [3.05, 3.63) is 94.0 Å². The molecule has 0 spiro atoms. The molecule has 0 bridgehead atoms. The molecule has 4 rings (SSSR count). The van der Waals surface area contributed by atoms with Gasteiger partial charge in [0.05, 0.1) is 16.2 Å². The van der Waals surface area contributed by atoms with E-state index in [-0.39, 0.29) is 11.6 Å². The number of anilines is 3. The summed E-state index contributed by atoms with van der Waals surface area (Å²) in [5.41, 5.74) is 2.93. The van der Waals surface area contributed by atoms with Crippen LogP contribution in [0.4, 0.5) is 27.5 Å². The minimum Gasteiger partial charge on any atom is -0.444 e. The first-order valence-electron chi connectivity index (χ1n) is 10.9. The zero-order valence-corrected chi connectivity index (χ0v) is 19.4. The maximum absolute atomic E-state index is 13.0. The van der Waals surface area contributed by atoms with Gasteiger partial charge in [0.15, 0.2) is 0 Å². The molecule has 1 aliphatic heterocycles. The number of nitrogens with one attached hydrogen (secondary N) is 3. The summed E-state index contributed by atoms with van der Waals surface area (Å²) in [5, 5.41) is 20.1. The molecule has 0 saturated heterocycles. The van der Waals surface area contributed by atoms with Crippen LogP contribution >= 0.6 is 0 Å². The van der Waals surface area contributed by atoms with Crippen LogP contribution in [0.1, 0.15) is 31.9 Å². The number of nitro groups is 1. The number of rotatable bonds is 5. The molecule has 3 aromatic carbocycles.